The molecule has 0 fully saturated rings. The second kappa shape index (κ2) is 5.81. The molecule has 1 heterocycles. The molecule has 2 aromatic rings. The van der Waals surface area contributed by atoms with Crippen LogP contribution in [0, 0.1) is 0 Å². The first-order valence-corrected chi connectivity index (χ1v) is 6.86. The first kappa shape index (κ1) is 14.8. The highest BCUT2D eigenvalue weighted by atomic mass is 16.5. The minimum Gasteiger partial charge on any atom is -0.462 e. The lowest BCUT2D eigenvalue weighted by Gasteiger charge is -2.25. The van der Waals surface area contributed by atoms with Gasteiger partial charge in [0.15, 0.2) is 0 Å². The Morgan fingerprint density at radius 3 is 2.50 bits per heavy atom. The SMILES string of the molecule is COCc1ccc(C(N)c2ccccc2C(C)(C)C)o1. The minimum atomic E-state index is -0.254. The van der Waals surface area contributed by atoms with Crippen molar-refractivity contribution in [2.75, 3.05) is 7.11 Å². The highest BCUT2D eigenvalue weighted by Crippen LogP contribution is 2.32. The van der Waals surface area contributed by atoms with E-state index in [2.05, 4.69) is 39.0 Å². The van der Waals surface area contributed by atoms with Crippen LogP contribution in [0.2, 0.25) is 0 Å². The van der Waals surface area contributed by atoms with Gasteiger partial charge >= 0.3 is 0 Å². The predicted molar refractivity (Wildman–Crippen MR) is 80.6 cm³/mol. The number of hydrogen-bond acceptors (Lipinski definition) is 3. The molecule has 1 aromatic heterocycles. The molecule has 3 nitrogen and oxygen atoms in total. The van der Waals surface area contributed by atoms with Crippen LogP contribution in [0.4, 0.5) is 0 Å². The van der Waals surface area contributed by atoms with E-state index >= 15 is 0 Å². The molecule has 1 atom stereocenters. The zero-order valence-electron chi connectivity index (χ0n) is 12.6. The first-order valence-electron chi connectivity index (χ1n) is 6.86. The van der Waals surface area contributed by atoms with Crippen LogP contribution >= 0.6 is 0 Å². The van der Waals surface area contributed by atoms with E-state index in [0.717, 1.165) is 17.1 Å². The normalized spacial score (nSPS) is 13.4. The van der Waals surface area contributed by atoms with Crippen molar-refractivity contribution in [2.45, 2.75) is 38.8 Å². The average Bonchev–Trinajstić information content (AvgIpc) is 2.86. The summed E-state index contributed by atoms with van der Waals surface area (Å²) >= 11 is 0. The highest BCUT2D eigenvalue weighted by molar-refractivity contribution is 5.38. The van der Waals surface area contributed by atoms with Crippen LogP contribution in [0.5, 0.6) is 0 Å². The van der Waals surface area contributed by atoms with E-state index in [9.17, 15) is 0 Å². The summed E-state index contributed by atoms with van der Waals surface area (Å²) < 4.78 is 10.8. The molecule has 0 aliphatic carbocycles. The average molecular weight is 273 g/mol. The number of nitrogens with two attached hydrogens (primary N) is 1. The molecule has 0 saturated carbocycles. The molecule has 2 rings (SSSR count). The van der Waals surface area contributed by atoms with Gasteiger partial charge in [-0.15, -0.1) is 0 Å². The van der Waals surface area contributed by atoms with Crippen molar-refractivity contribution in [3.05, 3.63) is 59.0 Å². The Labute approximate surface area is 120 Å². The van der Waals surface area contributed by atoms with Crippen LogP contribution in [0.15, 0.2) is 40.8 Å². The maximum Gasteiger partial charge on any atom is 0.129 e. The van der Waals surface area contributed by atoms with Crippen molar-refractivity contribution in [3.8, 4) is 0 Å². The van der Waals surface area contributed by atoms with Crippen molar-refractivity contribution in [3.63, 3.8) is 0 Å². The zero-order chi connectivity index (χ0) is 14.8. The molecule has 3 heteroatoms. The summed E-state index contributed by atoms with van der Waals surface area (Å²) in [5.41, 5.74) is 8.80. The van der Waals surface area contributed by atoms with Gasteiger partial charge in [-0.25, -0.2) is 0 Å². The fraction of sp³-hybridized carbons (Fsp3) is 0.412. The van der Waals surface area contributed by atoms with E-state index < -0.39 is 0 Å². The second-order valence-electron chi connectivity index (χ2n) is 6.05. The molecule has 0 saturated heterocycles. The van der Waals surface area contributed by atoms with Gasteiger partial charge < -0.3 is 14.9 Å². The summed E-state index contributed by atoms with van der Waals surface area (Å²) in [4.78, 5) is 0. The van der Waals surface area contributed by atoms with Gasteiger partial charge in [0.25, 0.3) is 0 Å². The van der Waals surface area contributed by atoms with Crippen molar-refractivity contribution in [2.24, 2.45) is 5.73 Å². The molecule has 0 aliphatic rings. The monoisotopic (exact) mass is 273 g/mol. The predicted octanol–water partition coefficient (Wildman–Crippen LogP) is 3.77. The number of ether oxygens (including phenoxy) is 1. The van der Waals surface area contributed by atoms with Gasteiger partial charge in [-0.2, -0.15) is 0 Å². The third kappa shape index (κ3) is 3.11. The molecule has 108 valence electrons. The largest absolute Gasteiger partial charge is 0.462 e. The number of methoxy groups -OCH3 is 1. The first-order chi connectivity index (χ1) is 9.43. The molecule has 0 aliphatic heterocycles. The number of furan rings is 1. The van der Waals surface area contributed by atoms with Crippen LogP contribution in [0.1, 0.15) is 49.5 Å². The minimum absolute atomic E-state index is 0.0518. The Kier molecular flexibility index (Phi) is 4.31. The van der Waals surface area contributed by atoms with Gasteiger partial charge in [-0.3, -0.25) is 0 Å². The fourth-order valence-electron chi connectivity index (χ4n) is 2.39. The molecule has 0 amide bonds. The summed E-state index contributed by atoms with van der Waals surface area (Å²) in [6, 6.07) is 11.9. The van der Waals surface area contributed by atoms with Crippen LogP contribution < -0.4 is 5.73 Å². The van der Waals surface area contributed by atoms with Gasteiger partial charge in [-0.05, 0) is 28.7 Å². The Morgan fingerprint density at radius 1 is 1.15 bits per heavy atom. The molecule has 2 N–H and O–H groups in total. The maximum absolute atomic E-state index is 6.39. The summed E-state index contributed by atoms with van der Waals surface area (Å²) in [5.74, 6) is 1.57. The number of benzene rings is 1. The van der Waals surface area contributed by atoms with Crippen molar-refractivity contribution in [1.82, 2.24) is 0 Å². The quantitative estimate of drug-likeness (QED) is 0.922. The van der Waals surface area contributed by atoms with E-state index in [-0.39, 0.29) is 11.5 Å². The Balaban J connectivity index is 2.35. The van der Waals surface area contributed by atoms with Gasteiger partial charge in [0.2, 0.25) is 0 Å². The van der Waals surface area contributed by atoms with Crippen molar-refractivity contribution in [1.29, 1.82) is 0 Å². The molecular formula is C17H23NO2. The molecule has 1 unspecified atom stereocenters. The Bertz CT molecular complexity index is 566. The lowest BCUT2D eigenvalue weighted by molar-refractivity contribution is 0.162. The standard InChI is InChI=1S/C17H23NO2/c1-17(2,3)14-8-6-5-7-13(14)16(18)15-10-9-12(20-15)11-19-4/h5-10,16H,11,18H2,1-4H3. The van der Waals surface area contributed by atoms with Gasteiger partial charge in [0.1, 0.15) is 18.1 Å². The third-order valence-electron chi connectivity index (χ3n) is 3.38. The van der Waals surface area contributed by atoms with Gasteiger partial charge in [-0.1, -0.05) is 45.0 Å². The molecule has 1 aromatic carbocycles. The maximum atomic E-state index is 6.39. The van der Waals surface area contributed by atoms with Crippen molar-refractivity contribution < 1.29 is 9.15 Å². The molecule has 20 heavy (non-hydrogen) atoms. The summed E-state index contributed by atoms with van der Waals surface area (Å²) in [5, 5.41) is 0. The Hall–Kier alpha value is -1.58. The highest BCUT2D eigenvalue weighted by Gasteiger charge is 2.23. The molecule has 0 spiro atoms. The molecular weight excluding hydrogens is 250 g/mol. The second-order valence-corrected chi connectivity index (χ2v) is 6.05. The van der Waals surface area contributed by atoms with E-state index in [4.69, 9.17) is 14.9 Å². The van der Waals surface area contributed by atoms with Crippen LogP contribution in [0.3, 0.4) is 0 Å². The fourth-order valence-corrected chi connectivity index (χ4v) is 2.39. The van der Waals surface area contributed by atoms with E-state index in [0.29, 0.717) is 6.61 Å². The van der Waals surface area contributed by atoms with Gasteiger partial charge in [0, 0.05) is 7.11 Å². The van der Waals surface area contributed by atoms with E-state index in [1.165, 1.54) is 5.56 Å². The molecule has 0 bridgehead atoms. The number of hydrogen-bond donors (Lipinski definition) is 1. The van der Waals surface area contributed by atoms with E-state index in [1.54, 1.807) is 7.11 Å². The van der Waals surface area contributed by atoms with Crippen LogP contribution in [-0.2, 0) is 16.8 Å². The van der Waals surface area contributed by atoms with Crippen molar-refractivity contribution >= 4 is 0 Å². The lowest BCUT2D eigenvalue weighted by Crippen LogP contribution is -2.20. The van der Waals surface area contributed by atoms with E-state index in [1.807, 2.05) is 18.2 Å². The molecule has 0 radical (unpaired) electrons. The van der Waals surface area contributed by atoms with Gasteiger partial charge in [0.05, 0.1) is 6.04 Å². The summed E-state index contributed by atoms with van der Waals surface area (Å²) in [6.45, 7) is 7.04. The summed E-state index contributed by atoms with van der Waals surface area (Å²) in [7, 11) is 1.65. The third-order valence-corrected chi connectivity index (χ3v) is 3.38. The van der Waals surface area contributed by atoms with Crippen LogP contribution in [0.25, 0.3) is 0 Å². The Morgan fingerprint density at radius 2 is 1.85 bits per heavy atom. The zero-order valence-corrected chi connectivity index (χ0v) is 12.6. The number of rotatable bonds is 4. The van der Waals surface area contributed by atoms with Crippen LogP contribution in [-0.4, -0.2) is 7.11 Å². The summed E-state index contributed by atoms with van der Waals surface area (Å²) in [6.07, 6.45) is 0. The lowest BCUT2D eigenvalue weighted by atomic mass is 9.81. The smallest absolute Gasteiger partial charge is 0.129 e. The topological polar surface area (TPSA) is 48.4 Å².